The van der Waals surface area contributed by atoms with Crippen LogP contribution in [-0.2, 0) is 6.18 Å². The predicted molar refractivity (Wildman–Crippen MR) is 114 cm³/mol. The Labute approximate surface area is 189 Å². The van der Waals surface area contributed by atoms with Crippen molar-refractivity contribution in [3.8, 4) is 5.82 Å². The third-order valence-corrected chi connectivity index (χ3v) is 5.07. The molecule has 14 heteroatoms. The number of alkyl halides is 3. The topological polar surface area (TPSA) is 115 Å². The van der Waals surface area contributed by atoms with Gasteiger partial charge in [-0.15, -0.1) is 4.80 Å². The van der Waals surface area contributed by atoms with E-state index in [9.17, 15) is 18.0 Å². The number of imidazole rings is 1. The van der Waals surface area contributed by atoms with Gasteiger partial charge >= 0.3 is 12.2 Å². The fraction of sp³-hybridized carbons (Fsp3) is 0.263. The molecule has 0 radical (unpaired) electrons. The van der Waals surface area contributed by atoms with Gasteiger partial charge in [-0.25, -0.2) is 19.3 Å². The van der Waals surface area contributed by atoms with Crippen LogP contribution < -0.4 is 10.6 Å². The molecule has 1 atom stereocenters. The molecule has 0 aromatic carbocycles. The lowest BCUT2D eigenvalue weighted by Crippen LogP contribution is -2.22. The molecule has 172 valence electrons. The minimum absolute atomic E-state index is 0.0105. The zero-order valence-electron chi connectivity index (χ0n) is 17.3. The lowest BCUT2D eigenvalue weighted by Gasteiger charge is -2.17. The Morgan fingerprint density at radius 1 is 1.18 bits per heavy atom. The van der Waals surface area contributed by atoms with Gasteiger partial charge in [-0.2, -0.15) is 28.5 Å². The molecule has 4 rings (SSSR count). The fourth-order valence-corrected chi connectivity index (χ4v) is 3.39. The van der Waals surface area contributed by atoms with E-state index in [1.165, 1.54) is 29.3 Å². The highest BCUT2D eigenvalue weighted by molar-refractivity contribution is 6.29. The van der Waals surface area contributed by atoms with Crippen LogP contribution in [0.2, 0.25) is 5.15 Å². The van der Waals surface area contributed by atoms with Crippen molar-refractivity contribution < 1.29 is 18.0 Å². The van der Waals surface area contributed by atoms with Gasteiger partial charge < -0.3 is 10.6 Å². The minimum Gasteiger partial charge on any atom is -0.306 e. The number of hydrogen-bond donors (Lipinski definition) is 2. The summed E-state index contributed by atoms with van der Waals surface area (Å²) in [4.78, 5) is 21.4. The quantitative estimate of drug-likeness (QED) is 0.434. The van der Waals surface area contributed by atoms with E-state index in [2.05, 4.69) is 35.9 Å². The van der Waals surface area contributed by atoms with Crippen LogP contribution in [0.3, 0.4) is 0 Å². The van der Waals surface area contributed by atoms with Gasteiger partial charge in [0.05, 0.1) is 42.4 Å². The Balaban J connectivity index is 1.63. The standard InChI is InChI=1S/C19H17ClF3N9O/c1-3-10(2)15-13(8-27-31-9-14(20)30-17(15)31)29-18(33)28-11-6-12(19(21,22)23)16(24-7-11)32-25-4-5-26-32/h4-10H,3H2,1-2H3,(H2,28,29,33). The van der Waals surface area contributed by atoms with Crippen molar-refractivity contribution in [3.63, 3.8) is 0 Å². The van der Waals surface area contributed by atoms with Gasteiger partial charge in [0, 0.05) is 5.56 Å². The van der Waals surface area contributed by atoms with Crippen molar-refractivity contribution in [2.45, 2.75) is 32.4 Å². The smallest absolute Gasteiger partial charge is 0.306 e. The highest BCUT2D eigenvalue weighted by Crippen LogP contribution is 2.34. The molecule has 2 amide bonds. The van der Waals surface area contributed by atoms with Crippen LogP contribution in [0.5, 0.6) is 0 Å². The van der Waals surface area contributed by atoms with E-state index < -0.39 is 23.6 Å². The molecule has 0 spiro atoms. The average molecular weight is 480 g/mol. The predicted octanol–water partition coefficient (Wildman–Crippen LogP) is 4.53. The summed E-state index contributed by atoms with van der Waals surface area (Å²) in [5, 5.41) is 16.8. The number of hydrogen-bond acceptors (Lipinski definition) is 6. The van der Waals surface area contributed by atoms with Crippen LogP contribution in [0.4, 0.5) is 29.3 Å². The van der Waals surface area contributed by atoms with Crippen LogP contribution in [-0.4, -0.2) is 40.6 Å². The third kappa shape index (κ3) is 4.58. The number of anilines is 2. The molecule has 0 bridgehead atoms. The second-order valence-electron chi connectivity index (χ2n) is 7.10. The summed E-state index contributed by atoms with van der Waals surface area (Å²) in [5.41, 5.74) is 0.261. The number of aromatic nitrogens is 7. The molecule has 4 aromatic heterocycles. The number of urea groups is 1. The molecular weight excluding hydrogens is 463 g/mol. The Morgan fingerprint density at radius 3 is 2.58 bits per heavy atom. The molecule has 10 nitrogen and oxygen atoms in total. The molecule has 1 unspecified atom stereocenters. The Kier molecular flexibility index (Phi) is 5.89. The first-order chi connectivity index (χ1) is 15.7. The first-order valence-electron chi connectivity index (χ1n) is 9.73. The number of nitrogens with zero attached hydrogens (tertiary/aromatic N) is 7. The maximum Gasteiger partial charge on any atom is 0.420 e. The number of carbonyl (C=O) groups excluding carboxylic acids is 1. The van der Waals surface area contributed by atoms with Gasteiger partial charge in [-0.3, -0.25) is 0 Å². The van der Waals surface area contributed by atoms with Crippen molar-refractivity contribution >= 4 is 34.7 Å². The first kappa shape index (κ1) is 22.5. The molecule has 0 saturated carbocycles. The summed E-state index contributed by atoms with van der Waals surface area (Å²) in [5.74, 6) is -0.521. The van der Waals surface area contributed by atoms with Crippen molar-refractivity contribution in [1.29, 1.82) is 0 Å². The molecule has 33 heavy (non-hydrogen) atoms. The molecule has 4 aromatic rings. The molecule has 0 saturated heterocycles. The SMILES string of the molecule is CCC(C)c1c(NC(=O)Nc2cnc(-n3nccn3)c(C(F)(F)F)c2)cnn2cc(Cl)nc12. The number of carbonyl (C=O) groups is 1. The second kappa shape index (κ2) is 8.65. The van der Waals surface area contributed by atoms with E-state index in [-0.39, 0.29) is 16.8 Å². The average Bonchev–Trinajstić information content (AvgIpc) is 3.41. The van der Waals surface area contributed by atoms with Gasteiger partial charge in [0.2, 0.25) is 0 Å². The number of fused-ring (bicyclic) bond motifs is 1. The number of halogens is 4. The molecular formula is C19H17ClF3N9O. The zero-order chi connectivity index (χ0) is 23.8. The molecule has 0 aliphatic rings. The normalized spacial score (nSPS) is 12.7. The fourth-order valence-electron chi connectivity index (χ4n) is 3.22. The van der Waals surface area contributed by atoms with Crippen molar-refractivity contribution in [2.24, 2.45) is 0 Å². The highest BCUT2D eigenvalue weighted by Gasteiger charge is 2.36. The van der Waals surface area contributed by atoms with Crippen LogP contribution in [0.15, 0.2) is 37.1 Å². The van der Waals surface area contributed by atoms with Crippen LogP contribution in [0.1, 0.15) is 37.3 Å². The van der Waals surface area contributed by atoms with E-state index in [1.54, 1.807) is 0 Å². The lowest BCUT2D eigenvalue weighted by molar-refractivity contribution is -0.137. The lowest BCUT2D eigenvalue weighted by atomic mass is 9.98. The molecule has 0 fully saturated rings. The van der Waals surface area contributed by atoms with Gasteiger partial charge in [0.25, 0.3) is 0 Å². The van der Waals surface area contributed by atoms with Gasteiger partial charge in [0.1, 0.15) is 10.7 Å². The number of amides is 2. The first-order valence-corrected chi connectivity index (χ1v) is 10.1. The van der Waals surface area contributed by atoms with E-state index in [0.717, 1.165) is 23.5 Å². The van der Waals surface area contributed by atoms with Gasteiger partial charge in [0.15, 0.2) is 11.5 Å². The number of nitrogens with one attached hydrogen (secondary N) is 2. The van der Waals surface area contributed by atoms with Crippen LogP contribution in [0, 0.1) is 0 Å². The summed E-state index contributed by atoms with van der Waals surface area (Å²) in [7, 11) is 0. The Hall–Kier alpha value is -3.74. The maximum absolute atomic E-state index is 13.6. The van der Waals surface area contributed by atoms with Crippen LogP contribution >= 0.6 is 11.6 Å². The molecule has 2 N–H and O–H groups in total. The van der Waals surface area contributed by atoms with Crippen molar-refractivity contribution in [2.75, 3.05) is 10.6 Å². The Bertz CT molecular complexity index is 1300. The van der Waals surface area contributed by atoms with E-state index in [4.69, 9.17) is 11.6 Å². The largest absolute Gasteiger partial charge is 0.420 e. The summed E-state index contributed by atoms with van der Waals surface area (Å²) in [6, 6.07) is -0.0142. The summed E-state index contributed by atoms with van der Waals surface area (Å²) in [6.07, 6.45) is 2.50. The van der Waals surface area contributed by atoms with Crippen molar-refractivity contribution in [3.05, 3.63) is 53.3 Å². The van der Waals surface area contributed by atoms with Crippen molar-refractivity contribution in [1.82, 2.24) is 34.6 Å². The summed E-state index contributed by atoms with van der Waals surface area (Å²) < 4.78 is 42.2. The second-order valence-corrected chi connectivity index (χ2v) is 7.49. The van der Waals surface area contributed by atoms with Gasteiger partial charge in [-0.05, 0) is 18.4 Å². The Morgan fingerprint density at radius 2 is 1.91 bits per heavy atom. The zero-order valence-corrected chi connectivity index (χ0v) is 18.1. The summed E-state index contributed by atoms with van der Waals surface area (Å²) >= 11 is 5.99. The number of pyridine rings is 1. The third-order valence-electron chi connectivity index (χ3n) is 4.89. The van der Waals surface area contributed by atoms with E-state index >= 15 is 0 Å². The van der Waals surface area contributed by atoms with Gasteiger partial charge in [-0.1, -0.05) is 25.4 Å². The molecule has 4 heterocycles. The summed E-state index contributed by atoms with van der Waals surface area (Å²) in [6.45, 7) is 3.92. The van der Waals surface area contributed by atoms with E-state index in [0.29, 0.717) is 16.9 Å². The maximum atomic E-state index is 13.6. The monoisotopic (exact) mass is 479 g/mol. The minimum atomic E-state index is -4.75. The number of rotatable bonds is 5. The van der Waals surface area contributed by atoms with Crippen LogP contribution in [0.25, 0.3) is 11.5 Å². The molecule has 0 aliphatic heterocycles. The molecule has 0 aliphatic carbocycles. The highest BCUT2D eigenvalue weighted by atomic mass is 35.5. The van der Waals surface area contributed by atoms with E-state index in [1.807, 2.05) is 13.8 Å².